The minimum absolute atomic E-state index is 0.594. The fraction of sp³-hybridized carbons (Fsp3) is 0.458. The van der Waals surface area contributed by atoms with Crippen LogP contribution < -0.4 is 4.90 Å². The molecule has 3 aromatic heterocycles. The number of fused-ring (bicyclic) bond motifs is 3. The van der Waals surface area contributed by atoms with E-state index in [9.17, 15) is 0 Å². The second-order valence-corrected chi connectivity index (χ2v) is 8.99. The second kappa shape index (κ2) is 7.11. The molecule has 30 heavy (non-hydrogen) atoms. The van der Waals surface area contributed by atoms with Crippen LogP contribution in [0, 0.1) is 6.92 Å². The Hall–Kier alpha value is -2.89. The third-order valence-corrected chi connectivity index (χ3v) is 7.11. The molecule has 2 aliphatic rings. The highest BCUT2D eigenvalue weighted by molar-refractivity contribution is 6.12. The summed E-state index contributed by atoms with van der Waals surface area (Å²) >= 11 is 0. The van der Waals surface area contributed by atoms with Crippen molar-refractivity contribution in [1.29, 1.82) is 0 Å². The van der Waals surface area contributed by atoms with Gasteiger partial charge in [0.1, 0.15) is 0 Å². The molecule has 0 amide bonds. The molecule has 1 aromatic carbocycles. The molecule has 1 aliphatic heterocycles. The molecule has 1 saturated carbocycles. The number of aryl methyl sites for hydroxylation is 1. The first-order valence-electron chi connectivity index (χ1n) is 11.4. The Bertz CT molecular complexity index is 1210. The number of benzene rings is 1. The number of piperidine rings is 1. The number of nitrogens with one attached hydrogen (secondary N) is 2. The van der Waals surface area contributed by atoms with Gasteiger partial charge in [-0.1, -0.05) is 12.8 Å². The topological polar surface area (TPSA) is 73.5 Å². The van der Waals surface area contributed by atoms with Gasteiger partial charge in [-0.25, -0.2) is 4.98 Å². The summed E-state index contributed by atoms with van der Waals surface area (Å²) in [5.74, 6) is 0.594. The average Bonchev–Trinajstić information content (AvgIpc) is 3.54. The molecule has 0 unspecified atom stereocenters. The summed E-state index contributed by atoms with van der Waals surface area (Å²) in [5, 5.41) is 17.5. The van der Waals surface area contributed by atoms with Crippen LogP contribution in [0.15, 0.2) is 24.5 Å². The monoisotopic (exact) mass is 400 g/mol. The summed E-state index contributed by atoms with van der Waals surface area (Å²) in [6, 6.07) is 4.61. The lowest BCUT2D eigenvalue weighted by molar-refractivity contribution is 0.579. The van der Waals surface area contributed by atoms with Crippen LogP contribution in [-0.2, 0) is 0 Å². The van der Waals surface area contributed by atoms with E-state index in [0.29, 0.717) is 5.92 Å². The highest BCUT2D eigenvalue weighted by Gasteiger charge is 2.26. The van der Waals surface area contributed by atoms with Crippen molar-refractivity contribution in [2.75, 3.05) is 18.0 Å². The van der Waals surface area contributed by atoms with Crippen molar-refractivity contribution in [3.8, 4) is 11.3 Å². The fourth-order valence-electron chi connectivity index (χ4n) is 5.53. The molecule has 6 rings (SSSR count). The Balaban J connectivity index is 1.68. The summed E-state index contributed by atoms with van der Waals surface area (Å²) in [6.45, 7) is 4.28. The molecule has 4 heterocycles. The largest absolute Gasteiger partial charge is 0.370 e. The summed E-state index contributed by atoms with van der Waals surface area (Å²) in [4.78, 5) is 7.80. The van der Waals surface area contributed by atoms with Crippen LogP contribution >= 0.6 is 0 Å². The number of H-pyrrole nitrogens is 2. The van der Waals surface area contributed by atoms with E-state index >= 15 is 0 Å². The minimum atomic E-state index is 0.594. The summed E-state index contributed by atoms with van der Waals surface area (Å²) in [6.07, 6.45) is 12.9. The molecule has 1 saturated heterocycles. The smallest absolute Gasteiger partial charge is 0.0953 e. The van der Waals surface area contributed by atoms with Crippen LogP contribution in [0.5, 0.6) is 0 Å². The highest BCUT2D eigenvalue weighted by atomic mass is 15.1. The van der Waals surface area contributed by atoms with Gasteiger partial charge in [-0.15, -0.1) is 0 Å². The minimum Gasteiger partial charge on any atom is -0.370 e. The summed E-state index contributed by atoms with van der Waals surface area (Å²) < 4.78 is 0. The number of rotatable bonds is 3. The fourth-order valence-corrected chi connectivity index (χ4v) is 5.53. The molecule has 0 bridgehead atoms. The predicted molar refractivity (Wildman–Crippen MR) is 121 cm³/mol. The number of aromatic nitrogens is 5. The van der Waals surface area contributed by atoms with Crippen LogP contribution in [0.3, 0.4) is 0 Å². The SMILES string of the molecule is Cc1[nH]ncc1-c1cc(C2CCCC2)c2c(n1)c(N1CCCCC1)cc1[nH]ncc12. The zero-order chi connectivity index (χ0) is 20.1. The van der Waals surface area contributed by atoms with Crippen molar-refractivity contribution in [2.24, 2.45) is 0 Å². The van der Waals surface area contributed by atoms with E-state index in [4.69, 9.17) is 4.98 Å². The van der Waals surface area contributed by atoms with E-state index in [1.807, 2.05) is 12.4 Å². The number of pyridine rings is 1. The number of anilines is 1. The van der Waals surface area contributed by atoms with Crippen LogP contribution in [0.2, 0.25) is 0 Å². The maximum atomic E-state index is 5.27. The predicted octanol–water partition coefficient (Wildman–Crippen LogP) is 5.46. The van der Waals surface area contributed by atoms with Crippen LogP contribution in [0.1, 0.15) is 62.1 Å². The van der Waals surface area contributed by atoms with Gasteiger partial charge in [-0.3, -0.25) is 10.2 Å². The zero-order valence-corrected chi connectivity index (χ0v) is 17.5. The van der Waals surface area contributed by atoms with Gasteiger partial charge in [0, 0.05) is 35.1 Å². The van der Waals surface area contributed by atoms with E-state index in [1.54, 1.807) is 0 Å². The molecule has 0 spiro atoms. The lowest BCUT2D eigenvalue weighted by Crippen LogP contribution is -2.29. The first kappa shape index (κ1) is 17.9. The maximum Gasteiger partial charge on any atom is 0.0953 e. The lowest BCUT2D eigenvalue weighted by atomic mass is 9.90. The van der Waals surface area contributed by atoms with E-state index in [1.165, 1.54) is 67.0 Å². The van der Waals surface area contributed by atoms with Gasteiger partial charge in [0.05, 0.1) is 34.8 Å². The quantitative estimate of drug-likeness (QED) is 0.479. The third-order valence-electron chi connectivity index (χ3n) is 7.11. The molecule has 4 aromatic rings. The highest BCUT2D eigenvalue weighted by Crippen LogP contribution is 2.44. The van der Waals surface area contributed by atoms with Crippen molar-refractivity contribution in [3.05, 3.63) is 35.8 Å². The molecule has 2 fully saturated rings. The van der Waals surface area contributed by atoms with E-state index < -0.39 is 0 Å². The molecular formula is C24H28N6. The van der Waals surface area contributed by atoms with Crippen molar-refractivity contribution in [3.63, 3.8) is 0 Å². The van der Waals surface area contributed by atoms with Crippen LogP contribution in [0.25, 0.3) is 33.1 Å². The number of aromatic amines is 2. The number of hydrogen-bond donors (Lipinski definition) is 2. The molecule has 154 valence electrons. The molecule has 0 radical (unpaired) electrons. The molecule has 0 atom stereocenters. The Morgan fingerprint density at radius 3 is 2.50 bits per heavy atom. The Morgan fingerprint density at radius 2 is 1.73 bits per heavy atom. The van der Waals surface area contributed by atoms with Crippen molar-refractivity contribution in [1.82, 2.24) is 25.4 Å². The summed E-state index contributed by atoms with van der Waals surface area (Å²) in [5.41, 5.74) is 8.16. The van der Waals surface area contributed by atoms with E-state index in [-0.39, 0.29) is 0 Å². The maximum absolute atomic E-state index is 5.27. The van der Waals surface area contributed by atoms with E-state index in [0.717, 1.165) is 41.1 Å². The molecule has 1 aliphatic carbocycles. The molecular weight excluding hydrogens is 372 g/mol. The molecule has 6 heteroatoms. The van der Waals surface area contributed by atoms with Gasteiger partial charge in [0.2, 0.25) is 0 Å². The first-order chi connectivity index (χ1) is 14.8. The normalized spacial score (nSPS) is 18.1. The van der Waals surface area contributed by atoms with Gasteiger partial charge in [0.25, 0.3) is 0 Å². The molecule has 2 N–H and O–H groups in total. The lowest BCUT2D eigenvalue weighted by Gasteiger charge is -2.30. The van der Waals surface area contributed by atoms with Crippen LogP contribution in [0.4, 0.5) is 5.69 Å². The van der Waals surface area contributed by atoms with E-state index in [2.05, 4.69) is 44.4 Å². The van der Waals surface area contributed by atoms with Crippen molar-refractivity contribution < 1.29 is 0 Å². The van der Waals surface area contributed by atoms with Gasteiger partial charge in [-0.2, -0.15) is 10.2 Å². The third kappa shape index (κ3) is 2.81. The number of nitrogens with zero attached hydrogens (tertiary/aromatic N) is 4. The summed E-state index contributed by atoms with van der Waals surface area (Å²) in [7, 11) is 0. The van der Waals surface area contributed by atoms with Gasteiger partial charge in [-0.05, 0) is 62.6 Å². The van der Waals surface area contributed by atoms with Gasteiger partial charge in [0.15, 0.2) is 0 Å². The number of hydrogen-bond acceptors (Lipinski definition) is 4. The van der Waals surface area contributed by atoms with Crippen molar-refractivity contribution >= 4 is 27.5 Å². The molecule has 6 nitrogen and oxygen atoms in total. The van der Waals surface area contributed by atoms with Gasteiger partial charge < -0.3 is 4.90 Å². The standard InChI is InChI=1S/C24H28N6/c1-15-18(13-25-28-15)20-11-17(16-7-3-4-8-16)23-19-14-26-29-21(19)12-22(24(23)27-20)30-9-5-2-6-10-30/h11-14,16H,2-10H2,1H3,(H,25,28)(H,26,29). The van der Waals surface area contributed by atoms with Crippen LogP contribution in [-0.4, -0.2) is 38.5 Å². The second-order valence-electron chi connectivity index (χ2n) is 8.99. The Labute approximate surface area is 176 Å². The first-order valence-corrected chi connectivity index (χ1v) is 11.4. The van der Waals surface area contributed by atoms with Crippen molar-refractivity contribution in [2.45, 2.75) is 57.8 Å². The average molecular weight is 401 g/mol. The Kier molecular flexibility index (Phi) is 4.25. The Morgan fingerprint density at radius 1 is 0.933 bits per heavy atom. The van der Waals surface area contributed by atoms with Gasteiger partial charge >= 0.3 is 0 Å². The zero-order valence-electron chi connectivity index (χ0n) is 17.5.